The predicted molar refractivity (Wildman–Crippen MR) is 58.0 cm³/mol. The fourth-order valence-electron chi connectivity index (χ4n) is 1.13. The molecule has 0 saturated heterocycles. The van der Waals surface area contributed by atoms with Crippen molar-refractivity contribution in [3.8, 4) is 0 Å². The molecule has 0 bridgehead atoms. The number of nitrogens with one attached hydrogen (secondary N) is 1. The molecular formula is C10H11ClF3NO2. The largest absolute Gasteiger partial charge is 0.416 e. The molecule has 1 aromatic carbocycles. The lowest BCUT2D eigenvalue weighted by Crippen LogP contribution is -2.23. The summed E-state index contributed by atoms with van der Waals surface area (Å²) in [5, 5.41) is 20.2. The lowest BCUT2D eigenvalue weighted by Gasteiger charge is -2.13. The molecule has 3 nitrogen and oxygen atoms in total. The summed E-state index contributed by atoms with van der Waals surface area (Å²) in [5.41, 5.74) is -0.567. The van der Waals surface area contributed by atoms with Crippen LogP contribution in [0.15, 0.2) is 18.2 Å². The number of aliphatic hydroxyl groups is 2. The van der Waals surface area contributed by atoms with Crippen LogP contribution in [-0.4, -0.2) is 29.5 Å². The normalized spacial score (nSPS) is 13.5. The Kier molecular flexibility index (Phi) is 4.62. The molecule has 7 heteroatoms. The van der Waals surface area contributed by atoms with Crippen LogP contribution in [0.2, 0.25) is 5.02 Å². The lowest BCUT2D eigenvalue weighted by molar-refractivity contribution is -0.137. The first-order chi connectivity index (χ1) is 7.84. The van der Waals surface area contributed by atoms with E-state index < -0.39 is 24.5 Å². The van der Waals surface area contributed by atoms with Gasteiger partial charge in [0.1, 0.15) is 0 Å². The second-order valence-corrected chi connectivity index (χ2v) is 3.82. The van der Waals surface area contributed by atoms with Crippen molar-refractivity contribution < 1.29 is 23.4 Å². The second kappa shape index (κ2) is 5.57. The number of halogens is 4. The van der Waals surface area contributed by atoms with E-state index in [1.54, 1.807) is 0 Å². The number of hydrogen-bond acceptors (Lipinski definition) is 3. The minimum atomic E-state index is -4.44. The van der Waals surface area contributed by atoms with Gasteiger partial charge in [-0.1, -0.05) is 11.6 Å². The molecule has 0 aromatic heterocycles. The molecule has 0 spiro atoms. The van der Waals surface area contributed by atoms with Crippen molar-refractivity contribution in [1.82, 2.24) is 0 Å². The molecule has 0 aliphatic rings. The smallest absolute Gasteiger partial charge is 0.394 e. The van der Waals surface area contributed by atoms with Crippen LogP contribution in [0.25, 0.3) is 0 Å². The third-order valence-electron chi connectivity index (χ3n) is 2.04. The number of aliphatic hydroxyl groups excluding tert-OH is 2. The van der Waals surface area contributed by atoms with Crippen LogP contribution in [0, 0.1) is 0 Å². The van der Waals surface area contributed by atoms with Crippen molar-refractivity contribution in [3.05, 3.63) is 28.8 Å². The molecule has 96 valence electrons. The molecule has 3 N–H and O–H groups in total. The van der Waals surface area contributed by atoms with E-state index in [9.17, 15) is 13.2 Å². The van der Waals surface area contributed by atoms with Crippen LogP contribution >= 0.6 is 11.6 Å². The first-order valence-electron chi connectivity index (χ1n) is 4.74. The summed E-state index contributed by atoms with van der Waals surface area (Å²) in [7, 11) is 0. The van der Waals surface area contributed by atoms with Gasteiger partial charge < -0.3 is 15.5 Å². The Balaban J connectivity index is 2.77. The first kappa shape index (κ1) is 14.1. The minimum Gasteiger partial charge on any atom is -0.394 e. The van der Waals surface area contributed by atoms with E-state index in [0.717, 1.165) is 12.1 Å². The van der Waals surface area contributed by atoms with Crippen molar-refractivity contribution in [3.63, 3.8) is 0 Å². The Morgan fingerprint density at radius 3 is 2.47 bits per heavy atom. The number of rotatable bonds is 4. The molecule has 0 amide bonds. The molecule has 0 radical (unpaired) electrons. The lowest BCUT2D eigenvalue weighted by atomic mass is 10.2. The van der Waals surface area contributed by atoms with E-state index in [-0.39, 0.29) is 17.3 Å². The van der Waals surface area contributed by atoms with Gasteiger partial charge >= 0.3 is 6.18 Å². The van der Waals surface area contributed by atoms with E-state index in [1.807, 2.05) is 0 Å². The van der Waals surface area contributed by atoms with E-state index >= 15 is 0 Å². The van der Waals surface area contributed by atoms with Gasteiger partial charge in [0.2, 0.25) is 0 Å². The molecule has 0 heterocycles. The molecule has 0 fully saturated rings. The Hall–Kier alpha value is -0.980. The van der Waals surface area contributed by atoms with Crippen LogP contribution < -0.4 is 5.32 Å². The van der Waals surface area contributed by atoms with Gasteiger partial charge in [-0.05, 0) is 18.2 Å². The average molecular weight is 270 g/mol. The third-order valence-corrected chi connectivity index (χ3v) is 2.35. The summed E-state index contributed by atoms with van der Waals surface area (Å²) >= 11 is 5.66. The summed E-state index contributed by atoms with van der Waals surface area (Å²) in [6.07, 6.45) is -5.43. The quantitative estimate of drug-likeness (QED) is 0.785. The highest BCUT2D eigenvalue weighted by molar-refractivity contribution is 6.33. The van der Waals surface area contributed by atoms with Crippen molar-refractivity contribution in [2.24, 2.45) is 0 Å². The summed E-state index contributed by atoms with van der Waals surface area (Å²) < 4.78 is 36.9. The van der Waals surface area contributed by atoms with Crippen LogP contribution in [-0.2, 0) is 6.18 Å². The van der Waals surface area contributed by atoms with Crippen molar-refractivity contribution in [2.75, 3.05) is 18.5 Å². The van der Waals surface area contributed by atoms with Gasteiger partial charge in [0.05, 0.1) is 29.0 Å². The van der Waals surface area contributed by atoms with Gasteiger partial charge in [0.25, 0.3) is 0 Å². The fraction of sp³-hybridized carbons (Fsp3) is 0.400. The van der Waals surface area contributed by atoms with E-state index in [4.69, 9.17) is 21.8 Å². The van der Waals surface area contributed by atoms with Gasteiger partial charge in [0, 0.05) is 6.54 Å². The molecule has 17 heavy (non-hydrogen) atoms. The summed E-state index contributed by atoms with van der Waals surface area (Å²) in [6.45, 7) is -0.438. The number of alkyl halides is 3. The van der Waals surface area contributed by atoms with Crippen LogP contribution in [0.1, 0.15) is 5.56 Å². The molecular weight excluding hydrogens is 259 g/mol. The number of anilines is 1. The second-order valence-electron chi connectivity index (χ2n) is 3.41. The van der Waals surface area contributed by atoms with Crippen molar-refractivity contribution in [2.45, 2.75) is 12.3 Å². The van der Waals surface area contributed by atoms with E-state index in [2.05, 4.69) is 5.32 Å². The van der Waals surface area contributed by atoms with Crippen LogP contribution in [0.3, 0.4) is 0 Å². The zero-order valence-corrected chi connectivity index (χ0v) is 9.39. The predicted octanol–water partition coefficient (Wildman–Crippen LogP) is 2.12. The van der Waals surface area contributed by atoms with Crippen molar-refractivity contribution >= 4 is 17.3 Å². The Bertz CT molecular complexity index is 384. The maximum atomic E-state index is 12.3. The minimum absolute atomic E-state index is 0.00157. The van der Waals surface area contributed by atoms with Gasteiger partial charge in [-0.2, -0.15) is 13.2 Å². The zero-order chi connectivity index (χ0) is 13.1. The van der Waals surface area contributed by atoms with E-state index in [1.165, 1.54) is 6.07 Å². The molecule has 1 rings (SSSR count). The zero-order valence-electron chi connectivity index (χ0n) is 8.63. The van der Waals surface area contributed by atoms with Crippen LogP contribution in [0.4, 0.5) is 18.9 Å². The molecule has 1 atom stereocenters. The van der Waals surface area contributed by atoms with Crippen LogP contribution in [0.5, 0.6) is 0 Å². The van der Waals surface area contributed by atoms with Gasteiger partial charge in [-0.25, -0.2) is 0 Å². The molecule has 0 aliphatic carbocycles. The Labute approximate surface area is 101 Å². The van der Waals surface area contributed by atoms with E-state index in [0.29, 0.717) is 0 Å². The fourth-order valence-corrected chi connectivity index (χ4v) is 1.37. The highest BCUT2D eigenvalue weighted by Crippen LogP contribution is 2.33. The summed E-state index contributed by atoms with van der Waals surface area (Å²) in [5.74, 6) is 0. The molecule has 0 saturated carbocycles. The first-order valence-corrected chi connectivity index (χ1v) is 5.12. The maximum Gasteiger partial charge on any atom is 0.416 e. The highest BCUT2D eigenvalue weighted by atomic mass is 35.5. The van der Waals surface area contributed by atoms with Gasteiger partial charge in [0.15, 0.2) is 0 Å². The highest BCUT2D eigenvalue weighted by Gasteiger charge is 2.30. The SMILES string of the molecule is OCC(O)CNc1ccc(C(F)(F)F)cc1Cl. The summed E-state index contributed by atoms with van der Waals surface area (Å²) in [4.78, 5) is 0. The number of hydrogen-bond donors (Lipinski definition) is 3. The van der Waals surface area contributed by atoms with Gasteiger partial charge in [-0.3, -0.25) is 0 Å². The monoisotopic (exact) mass is 269 g/mol. The van der Waals surface area contributed by atoms with Crippen molar-refractivity contribution in [1.29, 1.82) is 0 Å². The third kappa shape index (κ3) is 4.07. The topological polar surface area (TPSA) is 52.5 Å². The average Bonchev–Trinajstić information content (AvgIpc) is 2.25. The van der Waals surface area contributed by atoms with Gasteiger partial charge in [-0.15, -0.1) is 0 Å². The maximum absolute atomic E-state index is 12.3. The molecule has 1 unspecified atom stereocenters. The standard InChI is InChI=1S/C10H11ClF3NO2/c11-8-3-6(10(12,13)14)1-2-9(8)15-4-7(17)5-16/h1-3,7,15-17H,4-5H2. The summed E-state index contributed by atoms with van der Waals surface area (Å²) in [6, 6.07) is 2.87. The molecule has 1 aromatic rings. The number of benzene rings is 1. The Morgan fingerprint density at radius 2 is 2.00 bits per heavy atom. The molecule has 0 aliphatic heterocycles. The Morgan fingerprint density at radius 1 is 1.35 bits per heavy atom.